The summed E-state index contributed by atoms with van der Waals surface area (Å²) in [5, 5.41) is 18.7. The number of hydrogen-bond acceptors (Lipinski definition) is 5. The molecule has 2 aromatic carbocycles. The number of aromatic amines is 1. The SMILES string of the molecule is N#Cc1c(N)[nH]c(=O)c(C#N)c1-c1cccc(OCc2ccc(F)cc2F)c1. The fourth-order valence-electron chi connectivity index (χ4n) is 2.67. The van der Waals surface area contributed by atoms with Crippen LogP contribution in [0.4, 0.5) is 14.6 Å². The van der Waals surface area contributed by atoms with Crippen LogP contribution in [0.1, 0.15) is 16.7 Å². The minimum atomic E-state index is -0.739. The maximum atomic E-state index is 13.7. The van der Waals surface area contributed by atoms with Crippen LogP contribution in [0.2, 0.25) is 0 Å². The molecule has 0 aliphatic heterocycles. The lowest BCUT2D eigenvalue weighted by molar-refractivity contribution is 0.299. The second kappa shape index (κ2) is 7.60. The summed E-state index contributed by atoms with van der Waals surface area (Å²) in [4.78, 5) is 14.3. The second-order valence-corrected chi connectivity index (χ2v) is 5.77. The number of nitriles is 2. The van der Waals surface area contributed by atoms with Gasteiger partial charge in [-0.25, -0.2) is 8.78 Å². The van der Waals surface area contributed by atoms with Gasteiger partial charge in [0.1, 0.15) is 53.1 Å². The Balaban J connectivity index is 2.00. The van der Waals surface area contributed by atoms with Gasteiger partial charge in [0, 0.05) is 17.2 Å². The molecule has 28 heavy (non-hydrogen) atoms. The number of H-pyrrole nitrogens is 1. The van der Waals surface area contributed by atoms with Crippen molar-refractivity contribution in [3.8, 4) is 29.0 Å². The lowest BCUT2D eigenvalue weighted by Crippen LogP contribution is -2.16. The Kier molecular flexibility index (Phi) is 5.05. The molecule has 0 bridgehead atoms. The standard InChI is InChI=1S/C20H12F2N4O2/c21-13-5-4-12(17(22)7-13)10-28-14-3-1-2-11(6-14)18-15(8-23)19(25)26-20(27)16(18)9-24/h1-7H,10H2,(H3,25,26,27). The highest BCUT2D eigenvalue weighted by Crippen LogP contribution is 2.30. The number of ether oxygens (including phenoxy) is 1. The molecular weight excluding hydrogens is 366 g/mol. The minimum absolute atomic E-state index is 0.0436. The summed E-state index contributed by atoms with van der Waals surface area (Å²) in [6, 6.07) is 13.1. The molecule has 0 aliphatic carbocycles. The Morgan fingerprint density at radius 1 is 1.07 bits per heavy atom. The Morgan fingerprint density at radius 3 is 2.50 bits per heavy atom. The van der Waals surface area contributed by atoms with Gasteiger partial charge in [-0.05, 0) is 29.8 Å². The van der Waals surface area contributed by atoms with Crippen LogP contribution in [0.15, 0.2) is 47.3 Å². The summed E-state index contributed by atoms with van der Waals surface area (Å²) >= 11 is 0. The number of pyridine rings is 1. The molecule has 0 fully saturated rings. The molecule has 3 rings (SSSR count). The van der Waals surface area contributed by atoms with E-state index in [0.29, 0.717) is 11.3 Å². The highest BCUT2D eigenvalue weighted by Gasteiger charge is 2.18. The third kappa shape index (κ3) is 3.53. The van der Waals surface area contributed by atoms with E-state index in [-0.39, 0.29) is 34.7 Å². The van der Waals surface area contributed by atoms with Crippen molar-refractivity contribution in [3.63, 3.8) is 0 Å². The molecule has 6 nitrogen and oxygen atoms in total. The zero-order valence-corrected chi connectivity index (χ0v) is 14.3. The van der Waals surface area contributed by atoms with Crippen molar-refractivity contribution in [2.75, 3.05) is 5.73 Å². The van der Waals surface area contributed by atoms with Crippen molar-refractivity contribution >= 4 is 5.82 Å². The van der Waals surface area contributed by atoms with Crippen LogP contribution in [0.3, 0.4) is 0 Å². The van der Waals surface area contributed by atoms with Gasteiger partial charge in [-0.3, -0.25) is 4.79 Å². The Hall–Kier alpha value is -4.17. The monoisotopic (exact) mass is 378 g/mol. The first kappa shape index (κ1) is 18.6. The maximum absolute atomic E-state index is 13.7. The van der Waals surface area contributed by atoms with Crippen LogP contribution in [-0.2, 0) is 6.61 Å². The van der Waals surface area contributed by atoms with Gasteiger partial charge in [-0.1, -0.05) is 12.1 Å². The average Bonchev–Trinajstić information content (AvgIpc) is 2.67. The fourth-order valence-corrected chi connectivity index (χ4v) is 2.67. The van der Waals surface area contributed by atoms with Crippen molar-refractivity contribution in [2.24, 2.45) is 0 Å². The smallest absolute Gasteiger partial charge is 0.268 e. The number of nitrogens with one attached hydrogen (secondary N) is 1. The van der Waals surface area contributed by atoms with E-state index >= 15 is 0 Å². The van der Waals surface area contributed by atoms with Gasteiger partial charge >= 0.3 is 0 Å². The molecule has 0 radical (unpaired) electrons. The number of halogens is 2. The molecular formula is C20H12F2N4O2. The summed E-state index contributed by atoms with van der Waals surface area (Å²) in [7, 11) is 0. The largest absolute Gasteiger partial charge is 0.489 e. The van der Waals surface area contributed by atoms with Crippen molar-refractivity contribution < 1.29 is 13.5 Å². The van der Waals surface area contributed by atoms with E-state index in [1.807, 2.05) is 6.07 Å². The molecule has 0 spiro atoms. The van der Waals surface area contributed by atoms with Crippen LogP contribution in [0.5, 0.6) is 5.75 Å². The third-order valence-electron chi connectivity index (χ3n) is 4.00. The zero-order chi connectivity index (χ0) is 20.3. The Morgan fingerprint density at radius 2 is 1.82 bits per heavy atom. The van der Waals surface area contributed by atoms with E-state index in [1.54, 1.807) is 24.3 Å². The number of hydrogen-bond donors (Lipinski definition) is 2. The lowest BCUT2D eigenvalue weighted by atomic mass is 9.96. The number of nitrogen functional groups attached to an aromatic ring is 1. The summed E-state index contributed by atoms with van der Waals surface area (Å²) in [6.45, 7) is -0.163. The van der Waals surface area contributed by atoms with E-state index < -0.39 is 17.2 Å². The van der Waals surface area contributed by atoms with E-state index in [9.17, 15) is 24.1 Å². The highest BCUT2D eigenvalue weighted by atomic mass is 19.1. The quantitative estimate of drug-likeness (QED) is 0.723. The van der Waals surface area contributed by atoms with Gasteiger partial charge in [0.05, 0.1) is 0 Å². The third-order valence-corrected chi connectivity index (χ3v) is 4.00. The number of nitrogens with two attached hydrogens (primary N) is 1. The first-order valence-corrected chi connectivity index (χ1v) is 7.97. The lowest BCUT2D eigenvalue weighted by Gasteiger charge is -2.11. The molecule has 1 heterocycles. The van der Waals surface area contributed by atoms with E-state index in [4.69, 9.17) is 10.5 Å². The molecule has 0 unspecified atom stereocenters. The topological polar surface area (TPSA) is 116 Å². The van der Waals surface area contributed by atoms with Crippen LogP contribution in [0, 0.1) is 34.3 Å². The summed E-state index contributed by atoms with van der Waals surface area (Å²) in [5.41, 5.74) is 5.30. The minimum Gasteiger partial charge on any atom is -0.489 e. The van der Waals surface area contributed by atoms with Gasteiger partial charge < -0.3 is 15.5 Å². The van der Waals surface area contributed by atoms with Gasteiger partial charge in [0.15, 0.2) is 0 Å². The molecule has 138 valence electrons. The van der Waals surface area contributed by atoms with Gasteiger partial charge in [-0.15, -0.1) is 0 Å². The molecule has 0 saturated carbocycles. The first-order valence-electron chi connectivity index (χ1n) is 7.97. The second-order valence-electron chi connectivity index (χ2n) is 5.77. The van der Waals surface area contributed by atoms with Gasteiger partial charge in [0.2, 0.25) is 0 Å². The maximum Gasteiger partial charge on any atom is 0.268 e. The summed E-state index contributed by atoms with van der Waals surface area (Å²) in [6.07, 6.45) is 0. The predicted octanol–water partition coefficient (Wildman–Crippen LogP) is 3.22. The van der Waals surface area contributed by atoms with Gasteiger partial charge in [-0.2, -0.15) is 10.5 Å². The molecule has 1 aromatic heterocycles. The van der Waals surface area contributed by atoms with Crippen LogP contribution >= 0.6 is 0 Å². The zero-order valence-electron chi connectivity index (χ0n) is 14.3. The Labute approximate surface area is 158 Å². The highest BCUT2D eigenvalue weighted by molar-refractivity contribution is 5.80. The number of rotatable bonds is 4. The van der Waals surface area contributed by atoms with E-state index in [0.717, 1.165) is 12.1 Å². The summed E-state index contributed by atoms with van der Waals surface area (Å²) < 4.78 is 32.3. The van der Waals surface area contributed by atoms with Gasteiger partial charge in [0.25, 0.3) is 5.56 Å². The molecule has 0 saturated heterocycles. The molecule has 3 N–H and O–H groups in total. The first-order chi connectivity index (χ1) is 13.4. The van der Waals surface area contributed by atoms with Crippen molar-refractivity contribution in [3.05, 3.63) is 81.1 Å². The van der Waals surface area contributed by atoms with E-state index in [1.165, 1.54) is 12.1 Å². The normalized spacial score (nSPS) is 10.1. The van der Waals surface area contributed by atoms with Crippen LogP contribution < -0.4 is 16.0 Å². The molecule has 3 aromatic rings. The van der Waals surface area contributed by atoms with Crippen molar-refractivity contribution in [1.29, 1.82) is 10.5 Å². The van der Waals surface area contributed by atoms with Crippen molar-refractivity contribution in [2.45, 2.75) is 6.61 Å². The number of aromatic nitrogens is 1. The fraction of sp³-hybridized carbons (Fsp3) is 0.0500. The van der Waals surface area contributed by atoms with Crippen molar-refractivity contribution in [1.82, 2.24) is 4.98 Å². The molecule has 8 heteroatoms. The number of benzene rings is 2. The molecule has 0 amide bonds. The average molecular weight is 378 g/mol. The van der Waals surface area contributed by atoms with E-state index in [2.05, 4.69) is 4.98 Å². The molecule has 0 atom stereocenters. The number of nitrogens with zero attached hydrogens (tertiary/aromatic N) is 2. The van der Waals surface area contributed by atoms with Crippen LogP contribution in [0.25, 0.3) is 11.1 Å². The van der Waals surface area contributed by atoms with Crippen LogP contribution in [-0.4, -0.2) is 4.98 Å². The predicted molar refractivity (Wildman–Crippen MR) is 97.0 cm³/mol. The molecule has 0 aliphatic rings. The number of anilines is 1. The Bertz CT molecular complexity index is 1210. The summed E-state index contributed by atoms with van der Waals surface area (Å²) in [5.74, 6) is -1.28.